The molecule has 0 spiro atoms. The van der Waals surface area contributed by atoms with Gasteiger partial charge in [-0.2, -0.15) is 0 Å². The van der Waals surface area contributed by atoms with Crippen molar-refractivity contribution in [3.8, 4) is 0 Å². The Hall–Kier alpha value is -1.38. The molecule has 20 heavy (non-hydrogen) atoms. The van der Waals surface area contributed by atoms with Crippen molar-refractivity contribution in [2.24, 2.45) is 0 Å². The van der Waals surface area contributed by atoms with Crippen LogP contribution in [0.2, 0.25) is 5.15 Å². The summed E-state index contributed by atoms with van der Waals surface area (Å²) in [6.07, 6.45) is 5.46. The van der Waals surface area contributed by atoms with Crippen molar-refractivity contribution >= 4 is 11.6 Å². The van der Waals surface area contributed by atoms with Crippen LogP contribution in [0.1, 0.15) is 36.4 Å². The summed E-state index contributed by atoms with van der Waals surface area (Å²) < 4.78 is 0. The fraction of sp³-hybridized carbons (Fsp3) is 0.353. The smallest absolute Gasteiger partial charge is 0.133 e. The molecule has 0 saturated carbocycles. The average molecular weight is 287 g/mol. The number of hydrogen-bond acceptors (Lipinski definition) is 2. The quantitative estimate of drug-likeness (QED) is 0.774. The topological polar surface area (TPSA) is 16.1 Å². The van der Waals surface area contributed by atoms with Crippen LogP contribution in [0.4, 0.5) is 0 Å². The molecule has 2 heterocycles. The number of pyridine rings is 1. The van der Waals surface area contributed by atoms with E-state index in [-0.39, 0.29) is 0 Å². The Morgan fingerprint density at radius 3 is 2.75 bits per heavy atom. The summed E-state index contributed by atoms with van der Waals surface area (Å²) in [6, 6.07) is 15.1. The molecule has 3 heteroatoms. The van der Waals surface area contributed by atoms with Gasteiger partial charge in [-0.15, -0.1) is 0 Å². The number of benzene rings is 1. The summed E-state index contributed by atoms with van der Waals surface area (Å²) >= 11 is 6.29. The van der Waals surface area contributed by atoms with Gasteiger partial charge in [0.25, 0.3) is 0 Å². The van der Waals surface area contributed by atoms with Crippen LogP contribution in [0, 0.1) is 0 Å². The highest BCUT2D eigenvalue weighted by atomic mass is 35.5. The molecular formula is C17H19ClN2. The molecule has 0 aliphatic carbocycles. The van der Waals surface area contributed by atoms with Crippen molar-refractivity contribution in [1.29, 1.82) is 0 Å². The van der Waals surface area contributed by atoms with E-state index in [0.717, 1.165) is 19.5 Å². The molecule has 1 aromatic carbocycles. The number of halogens is 1. The van der Waals surface area contributed by atoms with E-state index in [1.807, 2.05) is 6.07 Å². The lowest BCUT2D eigenvalue weighted by molar-refractivity contribution is 0.140. The van der Waals surface area contributed by atoms with Gasteiger partial charge in [-0.25, -0.2) is 4.98 Å². The van der Waals surface area contributed by atoms with Gasteiger partial charge >= 0.3 is 0 Å². The molecule has 0 radical (unpaired) electrons. The summed E-state index contributed by atoms with van der Waals surface area (Å²) in [5.74, 6) is 0. The Morgan fingerprint density at radius 2 is 1.95 bits per heavy atom. The van der Waals surface area contributed by atoms with E-state index in [0.29, 0.717) is 11.2 Å². The van der Waals surface area contributed by atoms with E-state index >= 15 is 0 Å². The van der Waals surface area contributed by atoms with Crippen LogP contribution in [0.15, 0.2) is 48.7 Å². The third-order valence-corrected chi connectivity index (χ3v) is 4.30. The molecule has 1 aliphatic rings. The molecule has 0 bridgehead atoms. The average Bonchev–Trinajstić information content (AvgIpc) is 2.50. The predicted octanol–water partition coefficient (Wildman–Crippen LogP) is 4.46. The Bertz CT molecular complexity index is 556. The monoisotopic (exact) mass is 286 g/mol. The van der Waals surface area contributed by atoms with Crippen molar-refractivity contribution in [3.63, 3.8) is 0 Å². The molecule has 1 aliphatic heterocycles. The molecule has 2 aromatic rings. The van der Waals surface area contributed by atoms with Crippen LogP contribution < -0.4 is 0 Å². The summed E-state index contributed by atoms with van der Waals surface area (Å²) in [4.78, 5) is 6.76. The maximum absolute atomic E-state index is 6.29. The minimum atomic E-state index is 0.394. The van der Waals surface area contributed by atoms with Crippen LogP contribution in [0.25, 0.3) is 0 Å². The van der Waals surface area contributed by atoms with Crippen LogP contribution >= 0.6 is 11.6 Å². The molecular weight excluding hydrogens is 268 g/mol. The third kappa shape index (κ3) is 3.02. The zero-order valence-corrected chi connectivity index (χ0v) is 12.3. The number of rotatable bonds is 3. The highest BCUT2D eigenvalue weighted by molar-refractivity contribution is 6.30. The van der Waals surface area contributed by atoms with Gasteiger partial charge in [0.05, 0.1) is 0 Å². The van der Waals surface area contributed by atoms with Crippen molar-refractivity contribution in [3.05, 3.63) is 64.9 Å². The first-order valence-corrected chi connectivity index (χ1v) is 7.61. The molecule has 1 fully saturated rings. The third-order valence-electron chi connectivity index (χ3n) is 3.99. The predicted molar refractivity (Wildman–Crippen MR) is 82.7 cm³/mol. The number of hydrogen-bond donors (Lipinski definition) is 0. The normalized spacial score (nSPS) is 19.9. The van der Waals surface area contributed by atoms with Crippen molar-refractivity contribution in [2.45, 2.75) is 31.8 Å². The molecule has 1 atom stereocenters. The highest BCUT2D eigenvalue weighted by Gasteiger charge is 2.25. The lowest BCUT2D eigenvalue weighted by Gasteiger charge is -2.36. The second-order valence-electron chi connectivity index (χ2n) is 5.35. The zero-order valence-electron chi connectivity index (χ0n) is 11.5. The number of piperidine rings is 1. The van der Waals surface area contributed by atoms with Crippen LogP contribution in [-0.2, 0) is 6.54 Å². The van der Waals surface area contributed by atoms with Crippen LogP contribution in [0.3, 0.4) is 0 Å². The standard InChI is InChI=1S/C17H19ClN2/c18-17-15(9-6-11-19-17)16-10-4-5-12-20(16)13-14-7-2-1-3-8-14/h1-3,6-9,11,16H,4-5,10,12-13H2. The number of likely N-dealkylation sites (tertiary alicyclic amines) is 1. The largest absolute Gasteiger partial charge is 0.292 e. The van der Waals surface area contributed by atoms with Gasteiger partial charge in [0.15, 0.2) is 0 Å². The van der Waals surface area contributed by atoms with E-state index < -0.39 is 0 Å². The van der Waals surface area contributed by atoms with Gasteiger partial charge in [0.2, 0.25) is 0 Å². The molecule has 1 unspecified atom stereocenters. The van der Waals surface area contributed by atoms with E-state index in [1.165, 1.54) is 24.0 Å². The Kier molecular flexibility index (Phi) is 4.34. The Balaban J connectivity index is 1.83. The minimum absolute atomic E-state index is 0.394. The first kappa shape index (κ1) is 13.6. The van der Waals surface area contributed by atoms with E-state index in [2.05, 4.69) is 46.3 Å². The first-order chi connectivity index (χ1) is 9.84. The number of aromatic nitrogens is 1. The Morgan fingerprint density at radius 1 is 1.10 bits per heavy atom. The summed E-state index contributed by atoms with van der Waals surface area (Å²) in [7, 11) is 0. The van der Waals surface area contributed by atoms with Gasteiger partial charge in [-0.05, 0) is 31.0 Å². The van der Waals surface area contributed by atoms with Gasteiger partial charge in [-0.1, -0.05) is 54.4 Å². The SMILES string of the molecule is Clc1ncccc1C1CCCCN1Cc1ccccc1. The highest BCUT2D eigenvalue weighted by Crippen LogP contribution is 2.34. The summed E-state index contributed by atoms with van der Waals surface area (Å²) in [6.45, 7) is 2.11. The minimum Gasteiger partial charge on any atom is -0.292 e. The lowest BCUT2D eigenvalue weighted by atomic mass is 9.95. The van der Waals surface area contributed by atoms with Crippen LogP contribution in [-0.4, -0.2) is 16.4 Å². The van der Waals surface area contributed by atoms with E-state index in [1.54, 1.807) is 6.20 Å². The molecule has 0 N–H and O–H groups in total. The fourth-order valence-electron chi connectivity index (χ4n) is 3.00. The lowest BCUT2D eigenvalue weighted by Crippen LogP contribution is -2.33. The molecule has 1 aromatic heterocycles. The van der Waals surface area contributed by atoms with E-state index in [9.17, 15) is 0 Å². The molecule has 1 saturated heterocycles. The van der Waals surface area contributed by atoms with E-state index in [4.69, 9.17) is 11.6 Å². The zero-order chi connectivity index (χ0) is 13.8. The van der Waals surface area contributed by atoms with Gasteiger partial charge in [-0.3, -0.25) is 4.90 Å². The second kappa shape index (κ2) is 6.38. The summed E-state index contributed by atoms with van der Waals surface area (Å²) in [5, 5.41) is 0.650. The fourth-order valence-corrected chi connectivity index (χ4v) is 3.24. The van der Waals surface area contributed by atoms with Gasteiger partial charge in [0.1, 0.15) is 5.15 Å². The second-order valence-corrected chi connectivity index (χ2v) is 5.71. The van der Waals surface area contributed by atoms with Crippen molar-refractivity contribution < 1.29 is 0 Å². The maximum Gasteiger partial charge on any atom is 0.133 e. The molecule has 3 rings (SSSR count). The van der Waals surface area contributed by atoms with Crippen molar-refractivity contribution in [1.82, 2.24) is 9.88 Å². The number of nitrogens with zero attached hydrogens (tertiary/aromatic N) is 2. The first-order valence-electron chi connectivity index (χ1n) is 7.23. The van der Waals surface area contributed by atoms with Gasteiger partial charge < -0.3 is 0 Å². The van der Waals surface area contributed by atoms with Crippen molar-refractivity contribution in [2.75, 3.05) is 6.54 Å². The maximum atomic E-state index is 6.29. The molecule has 0 amide bonds. The van der Waals surface area contributed by atoms with Crippen LogP contribution in [0.5, 0.6) is 0 Å². The molecule has 2 nitrogen and oxygen atoms in total. The molecule has 104 valence electrons. The summed E-state index contributed by atoms with van der Waals surface area (Å²) in [5.41, 5.74) is 2.53. The Labute approximate surface area is 125 Å². The van der Waals surface area contributed by atoms with Gasteiger partial charge in [0, 0.05) is 24.3 Å².